The highest BCUT2D eigenvalue weighted by Crippen LogP contribution is 2.18. The highest BCUT2D eigenvalue weighted by atomic mass is 16.2. The third-order valence-corrected chi connectivity index (χ3v) is 4.24. The normalized spacial score (nSPS) is 23.3. The molecule has 0 aromatic rings. The van der Waals surface area contributed by atoms with Crippen molar-refractivity contribution >= 4 is 5.91 Å². The number of likely N-dealkylation sites (tertiary alicyclic amines) is 1. The fourth-order valence-electron chi connectivity index (χ4n) is 3.12. The number of hydrogen-bond donors (Lipinski definition) is 2. The van der Waals surface area contributed by atoms with Crippen LogP contribution in [0.15, 0.2) is 0 Å². The smallest absolute Gasteiger partial charge is 0.224 e. The number of carbonyl (C=O) groups excluding carboxylic acids is 1. The number of nitrogens with two attached hydrogens (primary N) is 1. The van der Waals surface area contributed by atoms with E-state index in [0.717, 1.165) is 25.9 Å². The zero-order chi connectivity index (χ0) is 12.8. The van der Waals surface area contributed by atoms with Crippen molar-refractivity contribution in [2.24, 2.45) is 5.73 Å². The number of hydrogen-bond acceptors (Lipinski definition) is 3. The number of nitrogens with one attached hydrogen (secondary N) is 1. The molecule has 1 amide bonds. The van der Waals surface area contributed by atoms with E-state index >= 15 is 0 Å². The Morgan fingerprint density at radius 2 is 1.83 bits per heavy atom. The molecule has 0 aromatic heterocycles. The van der Waals surface area contributed by atoms with E-state index in [2.05, 4.69) is 5.32 Å². The van der Waals surface area contributed by atoms with Gasteiger partial charge in [0.25, 0.3) is 0 Å². The molecule has 0 spiro atoms. The van der Waals surface area contributed by atoms with Crippen LogP contribution in [0.1, 0.15) is 51.4 Å². The highest BCUT2D eigenvalue weighted by Gasteiger charge is 2.23. The Bertz CT molecular complexity index is 258. The minimum absolute atomic E-state index is 0.168. The molecule has 4 nitrogen and oxygen atoms in total. The standard InChI is InChI=1S/C14H27N3O/c15-11-13(16-12-6-2-1-3-7-12)10-14(18)17-8-4-5-9-17/h12-13,16H,1-11,15H2. The first-order valence-electron chi connectivity index (χ1n) is 7.53. The summed E-state index contributed by atoms with van der Waals surface area (Å²) in [7, 11) is 0. The van der Waals surface area contributed by atoms with Gasteiger partial charge >= 0.3 is 0 Å². The Morgan fingerprint density at radius 3 is 2.44 bits per heavy atom. The summed E-state index contributed by atoms with van der Waals surface area (Å²) in [5, 5.41) is 3.59. The summed E-state index contributed by atoms with van der Waals surface area (Å²) in [5.74, 6) is 0.284. The zero-order valence-corrected chi connectivity index (χ0v) is 11.4. The number of carbonyl (C=O) groups is 1. The van der Waals surface area contributed by atoms with E-state index in [1.54, 1.807) is 0 Å². The molecule has 1 heterocycles. The Kier molecular flexibility index (Phi) is 5.45. The Balaban J connectivity index is 1.75. The first kappa shape index (κ1) is 13.8. The molecular weight excluding hydrogens is 226 g/mol. The molecule has 104 valence electrons. The molecular formula is C14H27N3O. The summed E-state index contributed by atoms with van der Waals surface area (Å²) in [5.41, 5.74) is 5.80. The maximum Gasteiger partial charge on any atom is 0.224 e. The largest absolute Gasteiger partial charge is 0.343 e. The van der Waals surface area contributed by atoms with E-state index in [1.807, 2.05) is 4.90 Å². The Morgan fingerprint density at radius 1 is 1.17 bits per heavy atom. The first-order chi connectivity index (χ1) is 8.79. The molecule has 0 aromatic carbocycles. The molecule has 2 fully saturated rings. The van der Waals surface area contributed by atoms with E-state index < -0.39 is 0 Å². The van der Waals surface area contributed by atoms with Crippen LogP contribution in [-0.2, 0) is 4.79 Å². The molecule has 0 radical (unpaired) electrons. The third-order valence-electron chi connectivity index (χ3n) is 4.24. The van der Waals surface area contributed by atoms with Crippen molar-refractivity contribution in [1.82, 2.24) is 10.2 Å². The van der Waals surface area contributed by atoms with Gasteiger partial charge in [0.1, 0.15) is 0 Å². The second-order valence-electron chi connectivity index (χ2n) is 5.73. The van der Waals surface area contributed by atoms with Gasteiger partial charge in [-0.25, -0.2) is 0 Å². The summed E-state index contributed by atoms with van der Waals surface area (Å²) in [6, 6.07) is 0.750. The zero-order valence-electron chi connectivity index (χ0n) is 11.4. The third kappa shape index (κ3) is 3.95. The van der Waals surface area contributed by atoms with Crippen LogP contribution in [0.4, 0.5) is 0 Å². The van der Waals surface area contributed by atoms with Crippen LogP contribution < -0.4 is 11.1 Å². The average Bonchev–Trinajstić information content (AvgIpc) is 2.93. The monoisotopic (exact) mass is 253 g/mol. The van der Waals surface area contributed by atoms with E-state index in [1.165, 1.54) is 32.1 Å². The van der Waals surface area contributed by atoms with Crippen LogP contribution in [0.2, 0.25) is 0 Å². The van der Waals surface area contributed by atoms with Crippen LogP contribution >= 0.6 is 0 Å². The SMILES string of the molecule is NCC(CC(=O)N1CCCC1)NC1CCCCC1. The minimum atomic E-state index is 0.168. The Hall–Kier alpha value is -0.610. The lowest BCUT2D eigenvalue weighted by Gasteiger charge is -2.28. The van der Waals surface area contributed by atoms with E-state index in [-0.39, 0.29) is 11.9 Å². The first-order valence-corrected chi connectivity index (χ1v) is 7.53. The van der Waals surface area contributed by atoms with Crippen molar-refractivity contribution < 1.29 is 4.79 Å². The maximum atomic E-state index is 12.1. The average molecular weight is 253 g/mol. The van der Waals surface area contributed by atoms with E-state index in [0.29, 0.717) is 19.0 Å². The summed E-state index contributed by atoms with van der Waals surface area (Å²) in [4.78, 5) is 14.1. The molecule has 2 aliphatic rings. The quantitative estimate of drug-likeness (QED) is 0.775. The van der Waals surface area contributed by atoms with Crippen LogP contribution in [0, 0.1) is 0 Å². The fraction of sp³-hybridized carbons (Fsp3) is 0.929. The number of amides is 1. The summed E-state index contributed by atoms with van der Waals surface area (Å²) < 4.78 is 0. The van der Waals surface area contributed by atoms with Gasteiger partial charge in [-0.15, -0.1) is 0 Å². The molecule has 1 aliphatic carbocycles. The molecule has 18 heavy (non-hydrogen) atoms. The van der Waals surface area contributed by atoms with Crippen molar-refractivity contribution in [2.75, 3.05) is 19.6 Å². The van der Waals surface area contributed by atoms with Gasteiger partial charge in [-0.3, -0.25) is 4.79 Å². The molecule has 4 heteroatoms. The van der Waals surface area contributed by atoms with Crippen LogP contribution in [0.3, 0.4) is 0 Å². The second kappa shape index (κ2) is 7.10. The predicted octanol–water partition coefficient (Wildman–Crippen LogP) is 1.25. The summed E-state index contributed by atoms with van der Waals surface area (Å²) in [6.07, 6.45) is 9.38. The lowest BCUT2D eigenvalue weighted by atomic mass is 9.94. The Labute approximate surface area is 110 Å². The summed E-state index contributed by atoms with van der Waals surface area (Å²) >= 11 is 0. The lowest BCUT2D eigenvalue weighted by Crippen LogP contribution is -2.46. The van der Waals surface area contributed by atoms with Gasteiger partial charge in [-0.05, 0) is 25.7 Å². The highest BCUT2D eigenvalue weighted by molar-refractivity contribution is 5.77. The van der Waals surface area contributed by atoms with Gasteiger partial charge in [0.05, 0.1) is 0 Å². The molecule has 1 unspecified atom stereocenters. The topological polar surface area (TPSA) is 58.4 Å². The molecule has 1 saturated carbocycles. The molecule has 3 N–H and O–H groups in total. The molecule has 1 saturated heterocycles. The van der Waals surface area contributed by atoms with Gasteiger partial charge in [0.2, 0.25) is 5.91 Å². The van der Waals surface area contributed by atoms with Crippen molar-refractivity contribution in [3.63, 3.8) is 0 Å². The van der Waals surface area contributed by atoms with Crippen molar-refractivity contribution in [3.8, 4) is 0 Å². The molecule has 1 aliphatic heterocycles. The van der Waals surface area contributed by atoms with E-state index in [4.69, 9.17) is 5.73 Å². The maximum absolute atomic E-state index is 12.1. The second-order valence-corrected chi connectivity index (χ2v) is 5.73. The number of nitrogens with zero attached hydrogens (tertiary/aromatic N) is 1. The van der Waals surface area contributed by atoms with Gasteiger partial charge in [0, 0.05) is 38.1 Å². The van der Waals surface area contributed by atoms with Crippen LogP contribution in [-0.4, -0.2) is 42.5 Å². The number of rotatable bonds is 5. The molecule has 0 bridgehead atoms. The predicted molar refractivity (Wildman–Crippen MR) is 73.3 cm³/mol. The lowest BCUT2D eigenvalue weighted by molar-refractivity contribution is -0.130. The van der Waals surface area contributed by atoms with E-state index in [9.17, 15) is 4.79 Å². The van der Waals surface area contributed by atoms with Crippen molar-refractivity contribution in [3.05, 3.63) is 0 Å². The van der Waals surface area contributed by atoms with Gasteiger partial charge < -0.3 is 16.0 Å². The van der Waals surface area contributed by atoms with Gasteiger partial charge in [-0.2, -0.15) is 0 Å². The molecule has 1 atom stereocenters. The van der Waals surface area contributed by atoms with Crippen molar-refractivity contribution in [1.29, 1.82) is 0 Å². The molecule has 2 rings (SSSR count). The minimum Gasteiger partial charge on any atom is -0.343 e. The van der Waals surface area contributed by atoms with Crippen LogP contribution in [0.25, 0.3) is 0 Å². The van der Waals surface area contributed by atoms with Crippen LogP contribution in [0.5, 0.6) is 0 Å². The summed E-state index contributed by atoms with van der Waals surface area (Å²) in [6.45, 7) is 2.45. The van der Waals surface area contributed by atoms with Gasteiger partial charge in [-0.1, -0.05) is 19.3 Å². The van der Waals surface area contributed by atoms with Crippen molar-refractivity contribution in [2.45, 2.75) is 63.5 Å². The fourth-order valence-corrected chi connectivity index (χ4v) is 3.12. The van der Waals surface area contributed by atoms with Gasteiger partial charge in [0.15, 0.2) is 0 Å².